The number of aryl methyl sites for hydroxylation is 1. The maximum atomic E-state index is 11.6. The van der Waals surface area contributed by atoms with Gasteiger partial charge in [0.1, 0.15) is 12.4 Å². The Labute approximate surface area is 98.7 Å². The van der Waals surface area contributed by atoms with Gasteiger partial charge < -0.3 is 14.8 Å². The van der Waals surface area contributed by atoms with Crippen LogP contribution in [0.15, 0.2) is 4.79 Å². The van der Waals surface area contributed by atoms with E-state index in [1.54, 1.807) is 6.92 Å². The lowest BCUT2D eigenvalue weighted by Crippen LogP contribution is -2.22. The summed E-state index contributed by atoms with van der Waals surface area (Å²) < 4.78 is 5.25. The minimum Gasteiger partial charge on any atom is -0.481 e. The van der Waals surface area contributed by atoms with Gasteiger partial charge in [0.15, 0.2) is 0 Å². The molecular formula is C11H16N2O4. The number of carboxylic acids is 1. The van der Waals surface area contributed by atoms with Crippen molar-refractivity contribution in [2.75, 3.05) is 6.61 Å². The molecule has 1 aromatic heterocycles. The molecule has 6 heteroatoms. The normalized spacial score (nSPS) is 10.5. The number of ether oxygens (including phenoxy) is 1. The van der Waals surface area contributed by atoms with Crippen LogP contribution in [0.1, 0.15) is 30.4 Å². The summed E-state index contributed by atoms with van der Waals surface area (Å²) in [5.41, 5.74) is 0.220. The topological polar surface area (TPSA) is 92.3 Å². The summed E-state index contributed by atoms with van der Waals surface area (Å²) >= 11 is 0. The molecule has 1 heterocycles. The fourth-order valence-electron chi connectivity index (χ4n) is 1.41. The molecule has 0 aliphatic carbocycles. The molecule has 6 nitrogen and oxygen atoms in total. The second kappa shape index (κ2) is 6.15. The van der Waals surface area contributed by atoms with Crippen LogP contribution in [0.25, 0.3) is 0 Å². The van der Waals surface area contributed by atoms with Gasteiger partial charge in [0.05, 0.1) is 6.42 Å². The fraction of sp³-hybridized carbons (Fsp3) is 0.545. The van der Waals surface area contributed by atoms with Crippen LogP contribution >= 0.6 is 0 Å². The summed E-state index contributed by atoms with van der Waals surface area (Å²) in [5.74, 6) is -0.620. The van der Waals surface area contributed by atoms with Crippen LogP contribution < -0.4 is 5.56 Å². The first-order valence-corrected chi connectivity index (χ1v) is 5.42. The molecule has 0 bridgehead atoms. The number of hydrogen-bond acceptors (Lipinski definition) is 4. The third-order valence-electron chi connectivity index (χ3n) is 2.19. The summed E-state index contributed by atoms with van der Waals surface area (Å²) in [4.78, 5) is 28.8. The molecule has 0 saturated heterocycles. The van der Waals surface area contributed by atoms with E-state index in [1.165, 1.54) is 0 Å². The van der Waals surface area contributed by atoms with Crippen molar-refractivity contribution in [1.82, 2.24) is 9.97 Å². The maximum Gasteiger partial charge on any atom is 0.308 e. The molecule has 0 spiro atoms. The quantitative estimate of drug-likeness (QED) is 0.711. The number of aromatic amines is 1. The van der Waals surface area contributed by atoms with E-state index in [2.05, 4.69) is 9.97 Å². The molecular weight excluding hydrogens is 224 g/mol. The monoisotopic (exact) mass is 240 g/mol. The molecule has 17 heavy (non-hydrogen) atoms. The Bertz CT molecular complexity index is 453. The van der Waals surface area contributed by atoms with Crippen LogP contribution in [-0.4, -0.2) is 27.7 Å². The molecule has 0 aliphatic heterocycles. The van der Waals surface area contributed by atoms with Crippen LogP contribution in [0, 0.1) is 6.92 Å². The SMILES string of the molecule is CCCOCc1nc(C)c(CC(=O)O)c(=O)[nH]1. The summed E-state index contributed by atoms with van der Waals surface area (Å²) in [5, 5.41) is 8.65. The molecule has 0 fully saturated rings. The lowest BCUT2D eigenvalue weighted by atomic mass is 10.2. The summed E-state index contributed by atoms with van der Waals surface area (Å²) in [6.45, 7) is 4.44. The number of aromatic nitrogens is 2. The number of nitrogens with one attached hydrogen (secondary N) is 1. The highest BCUT2D eigenvalue weighted by Gasteiger charge is 2.11. The molecule has 0 unspecified atom stereocenters. The van der Waals surface area contributed by atoms with E-state index in [0.717, 1.165) is 6.42 Å². The number of hydrogen-bond donors (Lipinski definition) is 2. The summed E-state index contributed by atoms with van der Waals surface area (Å²) in [7, 11) is 0. The molecule has 1 rings (SSSR count). The predicted octanol–water partition coefficient (Wildman–Crippen LogP) is 0.632. The smallest absolute Gasteiger partial charge is 0.308 e. The summed E-state index contributed by atoms with van der Waals surface area (Å²) in [6, 6.07) is 0. The van der Waals surface area contributed by atoms with Crippen molar-refractivity contribution in [3.05, 3.63) is 27.4 Å². The molecule has 0 radical (unpaired) electrons. The largest absolute Gasteiger partial charge is 0.481 e. The first-order valence-electron chi connectivity index (χ1n) is 5.42. The number of H-pyrrole nitrogens is 1. The van der Waals surface area contributed by atoms with Gasteiger partial charge in [-0.1, -0.05) is 6.92 Å². The van der Waals surface area contributed by atoms with Crippen molar-refractivity contribution < 1.29 is 14.6 Å². The van der Waals surface area contributed by atoms with Gasteiger partial charge in [0, 0.05) is 17.9 Å². The Hall–Kier alpha value is -1.69. The Morgan fingerprint density at radius 1 is 1.53 bits per heavy atom. The highest BCUT2D eigenvalue weighted by Crippen LogP contribution is 2.01. The van der Waals surface area contributed by atoms with Gasteiger partial charge in [-0.2, -0.15) is 0 Å². The molecule has 94 valence electrons. The van der Waals surface area contributed by atoms with E-state index in [-0.39, 0.29) is 18.6 Å². The highest BCUT2D eigenvalue weighted by atomic mass is 16.5. The van der Waals surface area contributed by atoms with Gasteiger partial charge in [-0.3, -0.25) is 9.59 Å². The van der Waals surface area contributed by atoms with E-state index in [9.17, 15) is 9.59 Å². The van der Waals surface area contributed by atoms with Crippen molar-refractivity contribution in [2.24, 2.45) is 0 Å². The molecule has 1 aromatic rings. The van der Waals surface area contributed by atoms with Crippen molar-refractivity contribution in [1.29, 1.82) is 0 Å². The van der Waals surface area contributed by atoms with Crippen molar-refractivity contribution >= 4 is 5.97 Å². The molecule has 0 aliphatic rings. The van der Waals surface area contributed by atoms with Gasteiger partial charge in [-0.05, 0) is 13.3 Å². The third kappa shape index (κ3) is 3.99. The molecule has 0 atom stereocenters. The lowest BCUT2D eigenvalue weighted by molar-refractivity contribution is -0.136. The van der Waals surface area contributed by atoms with E-state index >= 15 is 0 Å². The first kappa shape index (κ1) is 13.4. The zero-order valence-corrected chi connectivity index (χ0v) is 9.95. The maximum absolute atomic E-state index is 11.6. The number of rotatable bonds is 6. The van der Waals surface area contributed by atoms with Crippen molar-refractivity contribution in [3.8, 4) is 0 Å². The summed E-state index contributed by atoms with van der Waals surface area (Å²) in [6.07, 6.45) is 0.574. The Morgan fingerprint density at radius 3 is 2.76 bits per heavy atom. The van der Waals surface area contributed by atoms with Gasteiger partial charge >= 0.3 is 5.97 Å². The first-order chi connectivity index (χ1) is 8.04. The van der Waals surface area contributed by atoms with E-state index in [0.29, 0.717) is 18.1 Å². The highest BCUT2D eigenvalue weighted by molar-refractivity contribution is 5.70. The van der Waals surface area contributed by atoms with Crippen LogP contribution in [0.4, 0.5) is 0 Å². The van der Waals surface area contributed by atoms with Crippen LogP contribution in [0.3, 0.4) is 0 Å². The molecule has 0 saturated carbocycles. The predicted molar refractivity (Wildman–Crippen MR) is 60.9 cm³/mol. The number of carboxylic acid groups (broad SMARTS) is 1. The van der Waals surface area contributed by atoms with Crippen LogP contribution in [0.5, 0.6) is 0 Å². The number of carbonyl (C=O) groups is 1. The fourth-order valence-corrected chi connectivity index (χ4v) is 1.41. The standard InChI is InChI=1S/C11H16N2O4/c1-3-4-17-6-9-12-7(2)8(5-10(14)15)11(16)13-9/h3-6H2,1-2H3,(H,14,15)(H,12,13,16). The zero-order valence-electron chi connectivity index (χ0n) is 9.95. The number of nitrogens with zero attached hydrogens (tertiary/aromatic N) is 1. The van der Waals surface area contributed by atoms with E-state index in [1.807, 2.05) is 6.92 Å². The van der Waals surface area contributed by atoms with Crippen molar-refractivity contribution in [3.63, 3.8) is 0 Å². The zero-order chi connectivity index (χ0) is 12.8. The Morgan fingerprint density at radius 2 is 2.24 bits per heavy atom. The Kier molecular flexibility index (Phi) is 4.84. The van der Waals surface area contributed by atoms with Gasteiger partial charge in [0.25, 0.3) is 5.56 Å². The van der Waals surface area contributed by atoms with E-state index in [4.69, 9.17) is 9.84 Å². The molecule has 0 amide bonds. The van der Waals surface area contributed by atoms with Crippen LogP contribution in [0.2, 0.25) is 0 Å². The van der Waals surface area contributed by atoms with Gasteiger partial charge in [-0.15, -0.1) is 0 Å². The minimum absolute atomic E-state index is 0.191. The minimum atomic E-state index is -1.05. The number of aliphatic carboxylic acids is 1. The third-order valence-corrected chi connectivity index (χ3v) is 2.19. The lowest BCUT2D eigenvalue weighted by Gasteiger charge is -2.06. The second-order valence-electron chi connectivity index (χ2n) is 3.70. The van der Waals surface area contributed by atoms with Crippen LogP contribution in [-0.2, 0) is 22.6 Å². The second-order valence-corrected chi connectivity index (χ2v) is 3.70. The average Bonchev–Trinajstić information content (AvgIpc) is 2.24. The Balaban J connectivity index is 2.85. The molecule has 2 N–H and O–H groups in total. The van der Waals surface area contributed by atoms with Crippen molar-refractivity contribution in [2.45, 2.75) is 33.3 Å². The molecule has 0 aromatic carbocycles. The van der Waals surface area contributed by atoms with E-state index < -0.39 is 11.5 Å². The van der Waals surface area contributed by atoms with Gasteiger partial charge in [0.2, 0.25) is 0 Å². The average molecular weight is 240 g/mol. The van der Waals surface area contributed by atoms with Gasteiger partial charge in [-0.25, -0.2) is 4.98 Å².